The van der Waals surface area contributed by atoms with Crippen LogP contribution in [0.1, 0.15) is 11.1 Å². The first-order chi connectivity index (χ1) is 8.70. The number of carbonyl (C=O) groups is 1. The number of nitrogens with one attached hydrogen (secondary N) is 1. The minimum absolute atomic E-state index is 0.354. The molecule has 1 aromatic rings. The van der Waals surface area contributed by atoms with Gasteiger partial charge in [0.15, 0.2) is 0 Å². The van der Waals surface area contributed by atoms with Crippen LogP contribution in [0.5, 0.6) is 0 Å². The van der Waals surface area contributed by atoms with Gasteiger partial charge in [-0.05, 0) is 31.0 Å². The number of aryl methyl sites for hydroxylation is 1. The Morgan fingerprint density at radius 3 is 2.58 bits per heavy atom. The summed E-state index contributed by atoms with van der Waals surface area (Å²) in [6.07, 6.45) is -4.45. The highest BCUT2D eigenvalue weighted by Gasteiger charge is 2.27. The molecule has 0 atom stereocenters. The fourth-order valence-electron chi connectivity index (χ4n) is 1.44. The third-order valence-corrected chi connectivity index (χ3v) is 2.53. The Morgan fingerprint density at radius 1 is 1.37 bits per heavy atom. The molecular weight excluding hydrogens is 261 g/mol. The lowest BCUT2D eigenvalue weighted by Gasteiger charge is -2.13. The molecule has 0 unspecified atom stereocenters. The predicted molar refractivity (Wildman–Crippen MR) is 65.8 cm³/mol. The Labute approximate surface area is 108 Å². The first kappa shape index (κ1) is 15.3. The quantitative estimate of drug-likeness (QED) is 0.830. The van der Waals surface area contributed by atoms with Gasteiger partial charge in [-0.3, -0.25) is 4.79 Å². The number of hydrogen-bond acceptors (Lipinski definition) is 3. The molecule has 0 bridgehead atoms. The normalized spacial score (nSPS) is 11.4. The lowest BCUT2D eigenvalue weighted by molar-refractivity contribution is -0.174. The van der Waals surface area contributed by atoms with E-state index in [-0.39, 0.29) is 0 Å². The van der Waals surface area contributed by atoms with Gasteiger partial charge in [-0.25, -0.2) is 0 Å². The maximum atomic E-state index is 11.8. The number of amides is 1. The number of benzene rings is 1. The fraction of sp³-hybridized carbons (Fsp3) is 0.417. The number of anilines is 2. The van der Waals surface area contributed by atoms with Crippen LogP contribution in [0, 0.1) is 13.8 Å². The molecule has 19 heavy (non-hydrogen) atoms. The number of carbonyl (C=O) groups excluding carboxylic acids is 1. The second-order valence-electron chi connectivity index (χ2n) is 4.13. The summed E-state index contributed by atoms with van der Waals surface area (Å²) in [4.78, 5) is 11.5. The van der Waals surface area contributed by atoms with Gasteiger partial charge in [0.05, 0.1) is 11.4 Å². The van der Waals surface area contributed by atoms with Gasteiger partial charge < -0.3 is 15.8 Å². The molecule has 1 rings (SSSR count). The minimum atomic E-state index is -4.45. The molecule has 106 valence electrons. The van der Waals surface area contributed by atoms with E-state index in [0.717, 1.165) is 11.1 Å². The van der Waals surface area contributed by atoms with Gasteiger partial charge in [-0.15, -0.1) is 0 Å². The van der Waals surface area contributed by atoms with Crippen molar-refractivity contribution in [3.63, 3.8) is 0 Å². The topological polar surface area (TPSA) is 64.3 Å². The minimum Gasteiger partial charge on any atom is -0.397 e. The molecule has 0 aromatic heterocycles. The van der Waals surface area contributed by atoms with Crippen molar-refractivity contribution < 1.29 is 22.7 Å². The van der Waals surface area contributed by atoms with E-state index in [1.165, 1.54) is 0 Å². The fourth-order valence-corrected chi connectivity index (χ4v) is 1.44. The summed E-state index contributed by atoms with van der Waals surface area (Å²) in [5.41, 5.74) is 8.14. The first-order valence-electron chi connectivity index (χ1n) is 5.50. The van der Waals surface area contributed by atoms with Crippen LogP contribution in [0.2, 0.25) is 0 Å². The third-order valence-electron chi connectivity index (χ3n) is 2.53. The lowest BCUT2D eigenvalue weighted by Crippen LogP contribution is -2.24. The highest BCUT2D eigenvalue weighted by molar-refractivity contribution is 5.95. The van der Waals surface area contributed by atoms with Crippen LogP contribution in [-0.4, -0.2) is 25.3 Å². The van der Waals surface area contributed by atoms with Gasteiger partial charge in [-0.2, -0.15) is 13.2 Å². The zero-order valence-electron chi connectivity index (χ0n) is 10.6. The molecule has 0 aliphatic rings. The van der Waals surface area contributed by atoms with E-state index in [2.05, 4.69) is 10.1 Å². The maximum Gasteiger partial charge on any atom is 0.411 e. The Hall–Kier alpha value is -1.76. The SMILES string of the molecule is Cc1ccc(N)c(NC(=O)COCC(F)(F)F)c1C. The molecule has 0 aliphatic carbocycles. The number of rotatable bonds is 4. The Balaban J connectivity index is 2.61. The highest BCUT2D eigenvalue weighted by atomic mass is 19.4. The van der Waals surface area contributed by atoms with Crippen LogP contribution in [0.4, 0.5) is 24.5 Å². The van der Waals surface area contributed by atoms with Crippen molar-refractivity contribution in [1.82, 2.24) is 0 Å². The molecule has 0 radical (unpaired) electrons. The number of hydrogen-bond donors (Lipinski definition) is 2. The van der Waals surface area contributed by atoms with E-state index in [4.69, 9.17) is 5.73 Å². The van der Waals surface area contributed by atoms with Crippen LogP contribution in [0.3, 0.4) is 0 Å². The van der Waals surface area contributed by atoms with Crippen molar-refractivity contribution in [2.45, 2.75) is 20.0 Å². The summed E-state index contributed by atoms with van der Waals surface area (Å²) >= 11 is 0. The molecule has 0 saturated carbocycles. The zero-order chi connectivity index (χ0) is 14.6. The zero-order valence-corrected chi connectivity index (χ0v) is 10.6. The van der Waals surface area contributed by atoms with Crippen molar-refractivity contribution in [2.24, 2.45) is 0 Å². The second-order valence-corrected chi connectivity index (χ2v) is 4.13. The average Bonchev–Trinajstić information content (AvgIpc) is 2.28. The predicted octanol–water partition coefficient (Wildman–Crippen LogP) is 2.40. The van der Waals surface area contributed by atoms with Gasteiger partial charge in [-0.1, -0.05) is 6.07 Å². The average molecular weight is 276 g/mol. The van der Waals surface area contributed by atoms with E-state index >= 15 is 0 Å². The summed E-state index contributed by atoms with van der Waals surface area (Å²) in [6, 6.07) is 3.41. The van der Waals surface area contributed by atoms with Crippen molar-refractivity contribution >= 4 is 17.3 Å². The Kier molecular flexibility index (Phi) is 4.77. The van der Waals surface area contributed by atoms with Crippen molar-refractivity contribution in [3.8, 4) is 0 Å². The van der Waals surface area contributed by atoms with E-state index < -0.39 is 25.3 Å². The molecule has 0 heterocycles. The summed E-state index contributed by atoms with van der Waals surface area (Å²) in [7, 11) is 0. The van der Waals surface area contributed by atoms with Crippen LogP contribution in [-0.2, 0) is 9.53 Å². The van der Waals surface area contributed by atoms with E-state index in [1.807, 2.05) is 6.92 Å². The molecular formula is C12H15F3N2O2. The number of alkyl halides is 3. The van der Waals surface area contributed by atoms with Gasteiger partial charge >= 0.3 is 6.18 Å². The van der Waals surface area contributed by atoms with Crippen molar-refractivity contribution in [3.05, 3.63) is 23.3 Å². The summed E-state index contributed by atoms with van der Waals surface area (Å²) in [5, 5.41) is 2.45. The molecule has 7 heteroatoms. The van der Waals surface area contributed by atoms with Crippen LogP contribution < -0.4 is 11.1 Å². The number of ether oxygens (including phenoxy) is 1. The lowest BCUT2D eigenvalue weighted by atomic mass is 10.1. The standard InChI is InChI=1S/C12H15F3N2O2/c1-7-3-4-9(16)11(8(7)2)17-10(18)5-19-6-12(13,14)15/h3-4H,5-6,16H2,1-2H3,(H,17,18). The van der Waals surface area contributed by atoms with Gasteiger partial charge in [0.2, 0.25) is 5.91 Å². The highest BCUT2D eigenvalue weighted by Crippen LogP contribution is 2.25. The number of nitrogens with two attached hydrogens (primary N) is 1. The number of halogens is 3. The molecule has 4 nitrogen and oxygen atoms in total. The summed E-state index contributed by atoms with van der Waals surface area (Å²) < 4.78 is 39.8. The number of nitrogen functional groups attached to an aromatic ring is 1. The van der Waals surface area contributed by atoms with E-state index in [1.54, 1.807) is 19.1 Å². The van der Waals surface area contributed by atoms with Crippen LogP contribution in [0.25, 0.3) is 0 Å². The maximum absolute atomic E-state index is 11.8. The van der Waals surface area contributed by atoms with Gasteiger partial charge in [0.25, 0.3) is 0 Å². The van der Waals surface area contributed by atoms with Crippen LogP contribution >= 0.6 is 0 Å². The first-order valence-corrected chi connectivity index (χ1v) is 5.50. The smallest absolute Gasteiger partial charge is 0.397 e. The second kappa shape index (κ2) is 5.92. The molecule has 0 aliphatic heterocycles. The third kappa shape index (κ3) is 4.78. The van der Waals surface area contributed by atoms with Crippen LogP contribution in [0.15, 0.2) is 12.1 Å². The van der Waals surface area contributed by atoms with Crippen molar-refractivity contribution in [1.29, 1.82) is 0 Å². The molecule has 0 saturated heterocycles. The summed E-state index contributed by atoms with van der Waals surface area (Å²) in [5.74, 6) is -0.676. The molecule has 0 fully saturated rings. The Morgan fingerprint density at radius 2 is 2.00 bits per heavy atom. The Bertz CT molecular complexity index is 473. The van der Waals surface area contributed by atoms with Crippen molar-refractivity contribution in [2.75, 3.05) is 24.3 Å². The molecule has 1 aromatic carbocycles. The largest absolute Gasteiger partial charge is 0.411 e. The monoisotopic (exact) mass is 276 g/mol. The molecule has 1 amide bonds. The van der Waals surface area contributed by atoms with Gasteiger partial charge in [0.1, 0.15) is 13.2 Å². The van der Waals surface area contributed by atoms with E-state index in [0.29, 0.717) is 11.4 Å². The molecule has 0 spiro atoms. The summed E-state index contributed by atoms with van der Waals surface area (Å²) in [6.45, 7) is 1.47. The molecule has 3 N–H and O–H groups in total. The van der Waals surface area contributed by atoms with Gasteiger partial charge in [0, 0.05) is 0 Å². The van der Waals surface area contributed by atoms with E-state index in [9.17, 15) is 18.0 Å².